The van der Waals surface area contributed by atoms with Gasteiger partial charge in [-0.15, -0.1) is 0 Å². The van der Waals surface area contributed by atoms with Crippen molar-refractivity contribution in [1.82, 2.24) is 10.6 Å². The van der Waals surface area contributed by atoms with E-state index in [2.05, 4.69) is 10.6 Å². The second kappa shape index (κ2) is 5.80. The van der Waals surface area contributed by atoms with Crippen LogP contribution in [0.15, 0.2) is 24.3 Å². The number of halogens is 3. The van der Waals surface area contributed by atoms with Crippen molar-refractivity contribution in [2.75, 3.05) is 13.1 Å². The third kappa shape index (κ3) is 3.29. The van der Waals surface area contributed by atoms with Crippen LogP contribution < -0.4 is 10.6 Å². The molecule has 0 aliphatic carbocycles. The fourth-order valence-electron chi connectivity index (χ4n) is 2.15. The molecule has 1 amide bonds. The Kier molecular flexibility index (Phi) is 4.29. The number of carbonyl (C=O) groups is 1. The van der Waals surface area contributed by atoms with Gasteiger partial charge in [0.15, 0.2) is 6.10 Å². The molecular formula is C13H15F3N2O2. The van der Waals surface area contributed by atoms with Gasteiger partial charge in [-0.2, -0.15) is 13.2 Å². The van der Waals surface area contributed by atoms with Gasteiger partial charge in [-0.05, 0) is 17.5 Å². The van der Waals surface area contributed by atoms with Crippen LogP contribution in [-0.4, -0.2) is 36.4 Å². The fraction of sp³-hybridized carbons (Fsp3) is 0.462. The molecule has 0 radical (unpaired) electrons. The zero-order valence-electron chi connectivity index (χ0n) is 10.6. The van der Waals surface area contributed by atoms with Gasteiger partial charge in [0.25, 0.3) is 0 Å². The lowest BCUT2D eigenvalue weighted by Gasteiger charge is -2.26. The number of aliphatic hydroxyl groups is 1. The Balaban J connectivity index is 2.01. The molecule has 0 aromatic heterocycles. The molecule has 4 nitrogen and oxygen atoms in total. The number of nitrogens with one attached hydrogen (secondary N) is 2. The highest BCUT2D eigenvalue weighted by Gasteiger charge is 2.38. The maximum atomic E-state index is 12.2. The number of amides is 1. The quantitative estimate of drug-likeness (QED) is 0.775. The highest BCUT2D eigenvalue weighted by atomic mass is 19.4. The first-order valence-corrected chi connectivity index (χ1v) is 6.23. The highest BCUT2D eigenvalue weighted by molar-refractivity contribution is 5.84. The number of hydrogen-bond donors (Lipinski definition) is 3. The Morgan fingerprint density at radius 1 is 1.45 bits per heavy atom. The van der Waals surface area contributed by atoms with Crippen molar-refractivity contribution in [3.05, 3.63) is 35.4 Å². The van der Waals surface area contributed by atoms with Gasteiger partial charge in [-0.25, -0.2) is 0 Å². The molecule has 2 atom stereocenters. The van der Waals surface area contributed by atoms with E-state index in [1.54, 1.807) is 12.1 Å². The number of carbonyl (C=O) groups excluding carboxylic acids is 1. The third-order valence-corrected chi connectivity index (χ3v) is 3.22. The van der Waals surface area contributed by atoms with Crippen LogP contribution in [0.5, 0.6) is 0 Å². The number of rotatable bonds is 3. The van der Waals surface area contributed by atoms with Crippen LogP contribution in [-0.2, 0) is 11.2 Å². The normalized spacial score (nSPS) is 20.1. The number of fused-ring (bicyclic) bond motifs is 1. The first kappa shape index (κ1) is 14.8. The molecule has 1 aromatic carbocycles. The summed E-state index contributed by atoms with van der Waals surface area (Å²) >= 11 is 0. The van der Waals surface area contributed by atoms with Crippen LogP contribution in [0, 0.1) is 0 Å². The first-order valence-electron chi connectivity index (χ1n) is 6.23. The van der Waals surface area contributed by atoms with Gasteiger partial charge >= 0.3 is 6.18 Å². The molecule has 2 rings (SSSR count). The lowest BCUT2D eigenvalue weighted by atomic mass is 9.94. The summed E-state index contributed by atoms with van der Waals surface area (Å²) in [5, 5.41) is 14.0. The monoisotopic (exact) mass is 288 g/mol. The largest absolute Gasteiger partial charge is 0.416 e. The zero-order chi connectivity index (χ0) is 14.8. The van der Waals surface area contributed by atoms with Crippen molar-refractivity contribution in [3.63, 3.8) is 0 Å². The molecule has 0 spiro atoms. The number of benzene rings is 1. The smallest absolute Gasteiger partial charge is 0.382 e. The Morgan fingerprint density at radius 2 is 2.15 bits per heavy atom. The van der Waals surface area contributed by atoms with E-state index in [-0.39, 0.29) is 0 Å². The van der Waals surface area contributed by atoms with E-state index in [1.165, 1.54) is 0 Å². The molecule has 1 heterocycles. The van der Waals surface area contributed by atoms with Gasteiger partial charge in [-0.3, -0.25) is 4.79 Å². The molecule has 0 bridgehead atoms. The van der Waals surface area contributed by atoms with Gasteiger partial charge < -0.3 is 15.7 Å². The summed E-state index contributed by atoms with van der Waals surface area (Å²) in [7, 11) is 0. The summed E-state index contributed by atoms with van der Waals surface area (Å²) in [5.41, 5.74) is 1.76. The average molecular weight is 288 g/mol. The molecule has 2 unspecified atom stereocenters. The first-order chi connectivity index (χ1) is 9.39. The van der Waals surface area contributed by atoms with Crippen LogP contribution in [0.25, 0.3) is 0 Å². The molecule has 20 heavy (non-hydrogen) atoms. The molecule has 0 saturated carbocycles. The molecule has 7 heteroatoms. The Labute approximate surface area is 114 Å². The molecule has 0 saturated heterocycles. The molecule has 1 aliphatic rings. The zero-order valence-corrected chi connectivity index (χ0v) is 10.6. The van der Waals surface area contributed by atoms with E-state index in [9.17, 15) is 18.0 Å². The van der Waals surface area contributed by atoms with Crippen LogP contribution in [0.1, 0.15) is 17.2 Å². The summed E-state index contributed by atoms with van der Waals surface area (Å²) in [4.78, 5) is 11.9. The molecule has 3 N–H and O–H groups in total. The Hall–Kier alpha value is -1.60. The van der Waals surface area contributed by atoms with Gasteiger partial charge in [-0.1, -0.05) is 24.3 Å². The van der Waals surface area contributed by atoms with Gasteiger partial charge in [0.1, 0.15) is 6.04 Å². The highest BCUT2D eigenvalue weighted by Crippen LogP contribution is 2.23. The standard InChI is InChI=1S/C13H15F3N2O2/c14-13(15,16)10(19)7-18-12(20)11-9-4-2-1-3-8(9)5-6-17-11/h1-4,10-11,17,19H,5-7H2,(H,18,20). The third-order valence-electron chi connectivity index (χ3n) is 3.22. The summed E-state index contributed by atoms with van der Waals surface area (Å²) in [5.74, 6) is -0.569. The maximum absolute atomic E-state index is 12.2. The van der Waals surface area contributed by atoms with Crippen molar-refractivity contribution >= 4 is 5.91 Å². The lowest BCUT2D eigenvalue weighted by Crippen LogP contribution is -2.46. The molecule has 1 aromatic rings. The fourth-order valence-corrected chi connectivity index (χ4v) is 2.15. The summed E-state index contributed by atoms with van der Waals surface area (Å²) in [6, 6.07) is 6.61. The van der Waals surface area contributed by atoms with E-state index >= 15 is 0 Å². The van der Waals surface area contributed by atoms with Crippen LogP contribution >= 0.6 is 0 Å². The number of aliphatic hydroxyl groups excluding tert-OH is 1. The van der Waals surface area contributed by atoms with Crippen molar-refractivity contribution in [2.24, 2.45) is 0 Å². The van der Waals surface area contributed by atoms with Crippen LogP contribution in [0.4, 0.5) is 13.2 Å². The second-order valence-electron chi connectivity index (χ2n) is 4.64. The minimum atomic E-state index is -4.73. The maximum Gasteiger partial charge on any atom is 0.416 e. The van der Waals surface area contributed by atoms with Crippen LogP contribution in [0.3, 0.4) is 0 Å². The summed E-state index contributed by atoms with van der Waals surface area (Å²) < 4.78 is 36.5. The van der Waals surface area contributed by atoms with Gasteiger partial charge in [0, 0.05) is 6.54 Å². The van der Waals surface area contributed by atoms with E-state index in [0.29, 0.717) is 6.54 Å². The molecule has 1 aliphatic heterocycles. The topological polar surface area (TPSA) is 61.4 Å². The van der Waals surface area contributed by atoms with Crippen molar-refractivity contribution in [1.29, 1.82) is 0 Å². The van der Waals surface area contributed by atoms with E-state index in [1.807, 2.05) is 12.1 Å². The Morgan fingerprint density at radius 3 is 2.85 bits per heavy atom. The van der Waals surface area contributed by atoms with E-state index in [4.69, 9.17) is 5.11 Å². The minimum absolute atomic E-state index is 0.569. The predicted octanol–water partition coefficient (Wildman–Crippen LogP) is 0.913. The van der Waals surface area contributed by atoms with E-state index in [0.717, 1.165) is 17.5 Å². The van der Waals surface area contributed by atoms with Crippen molar-refractivity contribution in [2.45, 2.75) is 24.7 Å². The molecule has 110 valence electrons. The molecule has 0 fully saturated rings. The van der Waals surface area contributed by atoms with Crippen LogP contribution in [0.2, 0.25) is 0 Å². The predicted molar refractivity (Wildman–Crippen MR) is 66.0 cm³/mol. The summed E-state index contributed by atoms with van der Waals surface area (Å²) in [6.07, 6.45) is -6.51. The van der Waals surface area contributed by atoms with Crippen molar-refractivity contribution in [3.8, 4) is 0 Å². The second-order valence-corrected chi connectivity index (χ2v) is 4.64. The SMILES string of the molecule is O=C(NCC(O)C(F)(F)F)C1NCCc2ccccc21. The molecular weight excluding hydrogens is 273 g/mol. The number of alkyl halides is 3. The van der Waals surface area contributed by atoms with Crippen molar-refractivity contribution < 1.29 is 23.1 Å². The van der Waals surface area contributed by atoms with Gasteiger partial charge in [0.05, 0.1) is 6.54 Å². The Bertz CT molecular complexity index is 491. The lowest BCUT2D eigenvalue weighted by molar-refractivity contribution is -0.201. The minimum Gasteiger partial charge on any atom is -0.382 e. The average Bonchev–Trinajstić information content (AvgIpc) is 2.42. The van der Waals surface area contributed by atoms with E-state index < -0.39 is 30.8 Å². The number of hydrogen-bond acceptors (Lipinski definition) is 3. The van der Waals surface area contributed by atoms with Gasteiger partial charge in [0.2, 0.25) is 5.91 Å². The summed E-state index contributed by atoms with van der Waals surface area (Å²) in [6.45, 7) is -0.264.